The summed E-state index contributed by atoms with van der Waals surface area (Å²) in [7, 11) is 1.57. The normalized spacial score (nSPS) is 13.7. The molecular formula is C14H19IO6. The Hall–Kier alpha value is -0.900. The standard InChI is InChI=1S/C14H19IO6/c1-9(6-19-2)20-7-11(16)8-21-13-4-3-10(15)5-12(13)14(17)18/h3-5,9,11,16H,6-8H2,1-2H3,(H,17,18). The summed E-state index contributed by atoms with van der Waals surface area (Å²) in [5.41, 5.74) is 0.0720. The van der Waals surface area contributed by atoms with Crippen LogP contribution in [0.1, 0.15) is 17.3 Å². The Balaban J connectivity index is 2.49. The highest BCUT2D eigenvalue weighted by Crippen LogP contribution is 2.21. The number of methoxy groups -OCH3 is 1. The van der Waals surface area contributed by atoms with Crippen molar-refractivity contribution in [2.75, 3.05) is 26.9 Å². The second-order valence-electron chi connectivity index (χ2n) is 4.51. The molecule has 0 saturated heterocycles. The lowest BCUT2D eigenvalue weighted by Gasteiger charge is -2.17. The van der Waals surface area contributed by atoms with Gasteiger partial charge in [0.15, 0.2) is 0 Å². The molecular weight excluding hydrogens is 391 g/mol. The van der Waals surface area contributed by atoms with Crippen LogP contribution in [0.15, 0.2) is 18.2 Å². The van der Waals surface area contributed by atoms with Gasteiger partial charge in [-0.05, 0) is 47.7 Å². The minimum Gasteiger partial charge on any atom is -0.490 e. The number of hydrogen-bond acceptors (Lipinski definition) is 5. The number of carboxylic acids is 1. The Kier molecular flexibility index (Phi) is 7.94. The Labute approximate surface area is 137 Å². The van der Waals surface area contributed by atoms with E-state index in [0.29, 0.717) is 6.61 Å². The molecule has 118 valence electrons. The molecule has 0 aliphatic rings. The van der Waals surface area contributed by atoms with Crippen molar-refractivity contribution in [3.8, 4) is 5.75 Å². The lowest BCUT2D eigenvalue weighted by molar-refractivity contribution is -0.0423. The average Bonchev–Trinajstić information content (AvgIpc) is 2.44. The number of hydrogen-bond donors (Lipinski definition) is 2. The molecule has 2 unspecified atom stereocenters. The van der Waals surface area contributed by atoms with Crippen molar-refractivity contribution >= 4 is 28.6 Å². The highest BCUT2D eigenvalue weighted by Gasteiger charge is 2.14. The van der Waals surface area contributed by atoms with Crippen LogP contribution in [0.4, 0.5) is 0 Å². The van der Waals surface area contributed by atoms with Crippen LogP contribution in [0.2, 0.25) is 0 Å². The van der Waals surface area contributed by atoms with Gasteiger partial charge in [-0.1, -0.05) is 0 Å². The van der Waals surface area contributed by atoms with Crippen LogP contribution in [-0.4, -0.2) is 55.3 Å². The zero-order valence-corrected chi connectivity index (χ0v) is 14.1. The van der Waals surface area contributed by atoms with Gasteiger partial charge in [0.2, 0.25) is 0 Å². The van der Waals surface area contributed by atoms with E-state index in [0.717, 1.165) is 3.57 Å². The van der Waals surface area contributed by atoms with E-state index in [1.54, 1.807) is 19.2 Å². The van der Waals surface area contributed by atoms with Crippen molar-refractivity contribution < 1.29 is 29.2 Å². The van der Waals surface area contributed by atoms with Gasteiger partial charge in [-0.15, -0.1) is 0 Å². The van der Waals surface area contributed by atoms with Crippen molar-refractivity contribution in [3.63, 3.8) is 0 Å². The van der Waals surface area contributed by atoms with Crippen molar-refractivity contribution in [1.82, 2.24) is 0 Å². The van der Waals surface area contributed by atoms with Crippen LogP contribution in [0, 0.1) is 3.57 Å². The van der Waals surface area contributed by atoms with Gasteiger partial charge in [0, 0.05) is 10.7 Å². The minimum absolute atomic E-state index is 0.0411. The van der Waals surface area contributed by atoms with Gasteiger partial charge >= 0.3 is 5.97 Å². The minimum atomic E-state index is -1.07. The Morgan fingerprint density at radius 1 is 1.33 bits per heavy atom. The topological polar surface area (TPSA) is 85.2 Å². The maximum Gasteiger partial charge on any atom is 0.339 e. The molecule has 0 amide bonds. The monoisotopic (exact) mass is 410 g/mol. The van der Waals surface area contributed by atoms with Gasteiger partial charge in [0.05, 0.1) is 19.3 Å². The van der Waals surface area contributed by atoms with Crippen molar-refractivity contribution in [1.29, 1.82) is 0 Å². The summed E-state index contributed by atoms with van der Waals surface area (Å²) in [5.74, 6) is -0.838. The van der Waals surface area contributed by atoms with Crippen LogP contribution in [0.5, 0.6) is 5.75 Å². The predicted octanol–water partition coefficient (Wildman–Crippen LogP) is 1.78. The molecule has 7 heteroatoms. The summed E-state index contributed by atoms with van der Waals surface area (Å²) >= 11 is 2.03. The molecule has 0 bridgehead atoms. The van der Waals surface area contributed by atoms with E-state index >= 15 is 0 Å². The number of benzene rings is 1. The van der Waals surface area contributed by atoms with E-state index in [1.807, 2.05) is 29.5 Å². The summed E-state index contributed by atoms with van der Waals surface area (Å²) in [4.78, 5) is 11.1. The number of aliphatic hydroxyl groups is 1. The molecule has 1 aromatic carbocycles. The predicted molar refractivity (Wildman–Crippen MR) is 84.9 cm³/mol. The van der Waals surface area contributed by atoms with Gasteiger partial charge in [-0.2, -0.15) is 0 Å². The summed E-state index contributed by atoms with van der Waals surface area (Å²) in [6, 6.07) is 4.83. The summed E-state index contributed by atoms with van der Waals surface area (Å²) in [6.45, 7) is 2.32. The average molecular weight is 410 g/mol. The molecule has 0 saturated carbocycles. The maximum atomic E-state index is 11.1. The largest absolute Gasteiger partial charge is 0.490 e. The number of carbonyl (C=O) groups is 1. The highest BCUT2D eigenvalue weighted by molar-refractivity contribution is 14.1. The number of aliphatic hydroxyl groups excluding tert-OH is 1. The Morgan fingerprint density at radius 2 is 2.05 bits per heavy atom. The Morgan fingerprint density at radius 3 is 2.67 bits per heavy atom. The van der Waals surface area contributed by atoms with Crippen LogP contribution in [0.3, 0.4) is 0 Å². The molecule has 0 radical (unpaired) electrons. The fourth-order valence-corrected chi connectivity index (χ4v) is 2.08. The van der Waals surface area contributed by atoms with E-state index in [1.165, 1.54) is 6.07 Å². The molecule has 1 rings (SSSR count). The van der Waals surface area contributed by atoms with Gasteiger partial charge < -0.3 is 24.4 Å². The van der Waals surface area contributed by atoms with Crippen molar-refractivity contribution in [3.05, 3.63) is 27.3 Å². The van der Waals surface area contributed by atoms with Crippen LogP contribution in [-0.2, 0) is 9.47 Å². The second-order valence-corrected chi connectivity index (χ2v) is 5.76. The van der Waals surface area contributed by atoms with E-state index in [-0.39, 0.29) is 30.6 Å². The number of halogens is 1. The second kappa shape index (κ2) is 9.19. The summed E-state index contributed by atoms with van der Waals surface area (Å²) in [6.07, 6.45) is -0.970. The smallest absolute Gasteiger partial charge is 0.339 e. The summed E-state index contributed by atoms with van der Waals surface area (Å²) < 4.78 is 16.4. The van der Waals surface area contributed by atoms with Gasteiger partial charge in [0.1, 0.15) is 24.0 Å². The molecule has 0 aliphatic carbocycles. The van der Waals surface area contributed by atoms with E-state index in [9.17, 15) is 9.90 Å². The molecule has 0 aliphatic heterocycles. The van der Waals surface area contributed by atoms with Crippen LogP contribution in [0.25, 0.3) is 0 Å². The first kappa shape index (κ1) is 18.1. The van der Waals surface area contributed by atoms with Gasteiger partial charge in [-0.25, -0.2) is 4.79 Å². The number of rotatable bonds is 9. The number of carboxylic acid groups (broad SMARTS) is 1. The number of aromatic carboxylic acids is 1. The third kappa shape index (κ3) is 6.60. The van der Waals surface area contributed by atoms with Crippen molar-refractivity contribution in [2.24, 2.45) is 0 Å². The van der Waals surface area contributed by atoms with Crippen LogP contribution < -0.4 is 4.74 Å². The Bertz CT molecular complexity index is 465. The fourth-order valence-electron chi connectivity index (χ4n) is 1.59. The van der Waals surface area contributed by atoms with Crippen molar-refractivity contribution in [2.45, 2.75) is 19.1 Å². The molecule has 0 heterocycles. The van der Waals surface area contributed by atoms with E-state index in [4.69, 9.17) is 19.3 Å². The third-order valence-corrected chi connectivity index (χ3v) is 3.25. The molecule has 1 aromatic rings. The summed E-state index contributed by atoms with van der Waals surface area (Å²) in [5, 5.41) is 18.9. The molecule has 2 atom stereocenters. The zero-order valence-electron chi connectivity index (χ0n) is 11.9. The first-order valence-electron chi connectivity index (χ1n) is 6.38. The van der Waals surface area contributed by atoms with E-state index < -0.39 is 12.1 Å². The highest BCUT2D eigenvalue weighted by atomic mass is 127. The zero-order chi connectivity index (χ0) is 15.8. The fraction of sp³-hybridized carbons (Fsp3) is 0.500. The molecule has 21 heavy (non-hydrogen) atoms. The lowest BCUT2D eigenvalue weighted by atomic mass is 10.2. The first-order valence-corrected chi connectivity index (χ1v) is 7.46. The molecule has 2 N–H and O–H groups in total. The van der Waals surface area contributed by atoms with E-state index in [2.05, 4.69) is 0 Å². The SMILES string of the molecule is COCC(C)OCC(O)COc1ccc(I)cc1C(=O)O. The van der Waals surface area contributed by atoms with Gasteiger partial charge in [0.25, 0.3) is 0 Å². The molecule has 0 spiro atoms. The molecule has 0 fully saturated rings. The van der Waals surface area contributed by atoms with Gasteiger partial charge in [-0.3, -0.25) is 0 Å². The lowest BCUT2D eigenvalue weighted by Crippen LogP contribution is -2.27. The molecule has 6 nitrogen and oxygen atoms in total. The maximum absolute atomic E-state index is 11.1. The molecule has 0 aromatic heterocycles. The number of ether oxygens (including phenoxy) is 3. The van der Waals surface area contributed by atoms with Crippen LogP contribution >= 0.6 is 22.6 Å². The quantitative estimate of drug-likeness (QED) is 0.604. The third-order valence-electron chi connectivity index (χ3n) is 2.58. The first-order chi connectivity index (χ1) is 9.93.